The zero-order chi connectivity index (χ0) is 42.5. The Bertz CT molecular complexity index is 2860. The molecule has 10 aromatic carbocycles. The summed E-state index contributed by atoms with van der Waals surface area (Å²) in [7, 11) is -2.67. The maximum absolute atomic E-state index is 2.67. The molecule has 3 heteroatoms. The minimum Gasteiger partial charge on any atom is -0.311 e. The SMILES string of the molecule is c1ccc(C2(c3ccccc3)c3ccccc3N(c3ccc(-c4ccc(N5c6ccccc6[Si](c6ccccc6)(c6ccccc6)c6ccccc65)cc4)cc3)c3ccccc32)cc1. The topological polar surface area (TPSA) is 6.48 Å². The lowest BCUT2D eigenvalue weighted by atomic mass is 9.62. The van der Waals surface area contributed by atoms with Crippen molar-refractivity contribution < 1.29 is 0 Å². The molecule has 2 nitrogen and oxygen atoms in total. The Hall–Kier alpha value is -7.98. The van der Waals surface area contributed by atoms with E-state index in [0.717, 1.165) is 11.4 Å². The van der Waals surface area contributed by atoms with Crippen molar-refractivity contribution in [2.24, 2.45) is 0 Å². The second-order valence-corrected chi connectivity index (χ2v) is 20.5. The van der Waals surface area contributed by atoms with Crippen LogP contribution in [-0.4, -0.2) is 8.07 Å². The predicted molar refractivity (Wildman–Crippen MR) is 270 cm³/mol. The molecule has 302 valence electrons. The molecule has 0 saturated carbocycles. The van der Waals surface area contributed by atoms with Crippen LogP contribution in [0.25, 0.3) is 11.1 Å². The fourth-order valence-electron chi connectivity index (χ4n) is 11.0. The zero-order valence-corrected chi connectivity index (χ0v) is 36.3. The largest absolute Gasteiger partial charge is 0.311 e. The van der Waals surface area contributed by atoms with E-state index in [1.54, 1.807) is 0 Å². The lowest BCUT2D eigenvalue weighted by Crippen LogP contribution is -2.77. The van der Waals surface area contributed by atoms with Gasteiger partial charge in [-0.1, -0.05) is 218 Å². The maximum Gasteiger partial charge on any atom is 0.184 e. The first-order valence-electron chi connectivity index (χ1n) is 22.2. The third kappa shape index (κ3) is 5.64. The Kier molecular flexibility index (Phi) is 9.10. The highest BCUT2D eigenvalue weighted by Crippen LogP contribution is 2.57. The molecule has 2 heterocycles. The van der Waals surface area contributed by atoms with E-state index in [-0.39, 0.29) is 0 Å². The minimum absolute atomic E-state index is 0.490. The van der Waals surface area contributed by atoms with E-state index in [1.807, 2.05) is 0 Å². The Morgan fingerprint density at radius 3 is 0.984 bits per heavy atom. The predicted octanol–water partition coefficient (Wildman–Crippen LogP) is 12.7. The first-order valence-corrected chi connectivity index (χ1v) is 24.2. The van der Waals surface area contributed by atoms with Crippen molar-refractivity contribution in [1.82, 2.24) is 0 Å². The highest BCUT2D eigenvalue weighted by molar-refractivity contribution is 7.21. The third-order valence-electron chi connectivity index (χ3n) is 13.6. The average molecular weight is 833 g/mol. The van der Waals surface area contributed by atoms with Gasteiger partial charge in [0.25, 0.3) is 0 Å². The third-order valence-corrected chi connectivity index (χ3v) is 18.5. The van der Waals surface area contributed by atoms with Crippen molar-refractivity contribution in [3.8, 4) is 11.1 Å². The van der Waals surface area contributed by atoms with Crippen LogP contribution in [0.2, 0.25) is 0 Å². The standard InChI is InChI=1S/C61H44N2Si/c1-5-21-47(22-6-1)61(48-23-7-2-8-24-48)53-29-13-15-31-55(53)62(56-32-16-14-30-54(56)61)49-41-37-45(38-42-49)46-39-43-50(44-40-46)63-57-33-17-19-35-59(57)64(51-25-9-3-10-26-51,52-27-11-4-12-28-52)60-36-20-18-34-58(60)63/h1-44H. The molecule has 64 heavy (non-hydrogen) atoms. The number of benzene rings is 10. The summed E-state index contributed by atoms with van der Waals surface area (Å²) in [6, 6.07) is 98.8. The van der Waals surface area contributed by atoms with Crippen LogP contribution in [0.4, 0.5) is 34.1 Å². The van der Waals surface area contributed by atoms with Crippen LogP contribution in [0.3, 0.4) is 0 Å². The van der Waals surface area contributed by atoms with Gasteiger partial charge in [-0.3, -0.25) is 0 Å². The fraction of sp³-hybridized carbons (Fsp3) is 0.0164. The van der Waals surface area contributed by atoms with Crippen LogP contribution in [0.5, 0.6) is 0 Å². The van der Waals surface area contributed by atoms with Gasteiger partial charge >= 0.3 is 0 Å². The van der Waals surface area contributed by atoms with Gasteiger partial charge < -0.3 is 9.80 Å². The van der Waals surface area contributed by atoms with Crippen LogP contribution < -0.4 is 30.5 Å². The van der Waals surface area contributed by atoms with Crippen LogP contribution in [0.1, 0.15) is 22.3 Å². The van der Waals surface area contributed by atoms with Crippen molar-refractivity contribution >= 4 is 62.9 Å². The Morgan fingerprint density at radius 1 is 0.266 bits per heavy atom. The van der Waals surface area contributed by atoms with Crippen molar-refractivity contribution in [1.29, 1.82) is 0 Å². The number of para-hydroxylation sites is 4. The van der Waals surface area contributed by atoms with Gasteiger partial charge in [-0.2, -0.15) is 0 Å². The second kappa shape index (κ2) is 15.4. The smallest absolute Gasteiger partial charge is 0.184 e. The molecule has 12 rings (SSSR count). The number of anilines is 6. The molecular weight excluding hydrogens is 789 g/mol. The van der Waals surface area contributed by atoms with E-state index < -0.39 is 13.5 Å². The van der Waals surface area contributed by atoms with Crippen molar-refractivity contribution in [2.45, 2.75) is 5.41 Å². The van der Waals surface area contributed by atoms with E-state index >= 15 is 0 Å². The fourth-order valence-corrected chi connectivity index (χ4v) is 16.1. The van der Waals surface area contributed by atoms with E-state index in [9.17, 15) is 0 Å². The van der Waals surface area contributed by atoms with Gasteiger partial charge in [0, 0.05) is 22.7 Å². The molecule has 0 unspecified atom stereocenters. The maximum atomic E-state index is 2.48. The molecule has 0 bridgehead atoms. The van der Waals surface area contributed by atoms with Crippen LogP contribution in [0.15, 0.2) is 267 Å². The number of hydrogen-bond donors (Lipinski definition) is 0. The summed E-state index contributed by atoms with van der Waals surface area (Å²) in [6.45, 7) is 0. The Morgan fingerprint density at radius 2 is 0.578 bits per heavy atom. The average Bonchev–Trinajstić information content (AvgIpc) is 3.38. The number of nitrogens with zero attached hydrogens (tertiary/aromatic N) is 2. The van der Waals surface area contributed by atoms with Gasteiger partial charge in [-0.15, -0.1) is 0 Å². The molecule has 0 aromatic heterocycles. The van der Waals surface area contributed by atoms with E-state index in [0.29, 0.717) is 0 Å². The van der Waals surface area contributed by atoms with E-state index in [4.69, 9.17) is 0 Å². The summed E-state index contributed by atoms with van der Waals surface area (Å²) in [5.74, 6) is 0. The van der Waals surface area contributed by atoms with Crippen molar-refractivity contribution in [3.05, 3.63) is 289 Å². The van der Waals surface area contributed by atoms with Gasteiger partial charge in [0.2, 0.25) is 0 Å². The molecule has 0 spiro atoms. The molecule has 0 aliphatic carbocycles. The Balaban J connectivity index is 0.934. The molecule has 10 aromatic rings. The molecule has 0 fully saturated rings. The molecule has 0 saturated heterocycles. The molecule has 0 radical (unpaired) electrons. The summed E-state index contributed by atoms with van der Waals surface area (Å²) in [6.07, 6.45) is 0. The summed E-state index contributed by atoms with van der Waals surface area (Å²) < 4.78 is 0. The van der Waals surface area contributed by atoms with Gasteiger partial charge in [0.15, 0.2) is 8.07 Å². The van der Waals surface area contributed by atoms with Gasteiger partial charge in [0.1, 0.15) is 0 Å². The molecule has 0 amide bonds. The van der Waals surface area contributed by atoms with Crippen molar-refractivity contribution in [2.75, 3.05) is 9.80 Å². The second-order valence-electron chi connectivity index (χ2n) is 16.8. The summed E-state index contributed by atoms with van der Waals surface area (Å²) in [4.78, 5) is 4.92. The van der Waals surface area contributed by atoms with E-state index in [2.05, 4.69) is 277 Å². The molecular formula is C61H44N2Si. The van der Waals surface area contributed by atoms with E-state index in [1.165, 1.54) is 76.9 Å². The lowest BCUT2D eigenvalue weighted by Gasteiger charge is -2.46. The molecule has 2 aliphatic rings. The van der Waals surface area contributed by atoms with Gasteiger partial charge in [-0.05, 0) is 103 Å². The molecule has 0 N–H and O–H groups in total. The minimum atomic E-state index is -2.67. The molecule has 2 aliphatic heterocycles. The van der Waals surface area contributed by atoms with Gasteiger partial charge in [-0.25, -0.2) is 0 Å². The zero-order valence-electron chi connectivity index (χ0n) is 35.3. The highest BCUT2D eigenvalue weighted by atomic mass is 28.3. The summed E-state index contributed by atoms with van der Waals surface area (Å²) in [5, 5.41) is 5.58. The summed E-state index contributed by atoms with van der Waals surface area (Å²) >= 11 is 0. The monoisotopic (exact) mass is 832 g/mol. The van der Waals surface area contributed by atoms with Crippen molar-refractivity contribution in [3.63, 3.8) is 0 Å². The first-order chi connectivity index (χ1) is 31.8. The van der Waals surface area contributed by atoms with Crippen LogP contribution >= 0.6 is 0 Å². The number of hydrogen-bond acceptors (Lipinski definition) is 2. The van der Waals surface area contributed by atoms with Crippen LogP contribution in [0, 0.1) is 0 Å². The molecule has 0 atom stereocenters. The van der Waals surface area contributed by atoms with Crippen LogP contribution in [-0.2, 0) is 5.41 Å². The highest BCUT2D eigenvalue weighted by Gasteiger charge is 2.49. The first kappa shape index (κ1) is 37.8. The summed E-state index contributed by atoms with van der Waals surface area (Å²) in [5.41, 5.74) is 14.0. The van der Waals surface area contributed by atoms with Gasteiger partial charge in [0.05, 0.1) is 16.8 Å². The Labute approximate surface area is 376 Å². The lowest BCUT2D eigenvalue weighted by molar-refractivity contribution is 0.731. The number of fused-ring (bicyclic) bond motifs is 4. The quantitative estimate of drug-likeness (QED) is 0.148. The normalized spacial score (nSPS) is 14.1. The number of rotatable bonds is 7.